The van der Waals surface area contributed by atoms with Gasteiger partial charge in [0.05, 0.1) is 11.6 Å². The van der Waals surface area contributed by atoms with Crippen molar-refractivity contribution in [2.45, 2.75) is 91.6 Å². The lowest BCUT2D eigenvalue weighted by atomic mass is 9.94. The Labute approximate surface area is 226 Å². The van der Waals surface area contributed by atoms with Crippen LogP contribution in [0.5, 0.6) is 0 Å². The third-order valence-corrected chi connectivity index (χ3v) is 6.33. The second kappa shape index (κ2) is 14.8. The third-order valence-electron chi connectivity index (χ3n) is 6.33. The molecule has 0 fully saturated rings. The number of benzene rings is 1. The lowest BCUT2D eigenvalue weighted by Gasteiger charge is -2.33. The molecule has 4 amide bonds. The number of aliphatic hydroxyl groups is 1. The summed E-state index contributed by atoms with van der Waals surface area (Å²) in [6.45, 7) is 13.9. The number of hydrogen-bond acceptors (Lipinski definition) is 6. The summed E-state index contributed by atoms with van der Waals surface area (Å²) in [7, 11) is 0. The lowest BCUT2D eigenvalue weighted by molar-refractivity contribution is -0.139. The van der Waals surface area contributed by atoms with Gasteiger partial charge in [-0.1, -0.05) is 71.9 Å². The van der Waals surface area contributed by atoms with Crippen molar-refractivity contribution in [2.75, 3.05) is 6.54 Å². The number of rotatable bonds is 14. The minimum Gasteiger partial charge on any atom is -0.388 e. The van der Waals surface area contributed by atoms with E-state index >= 15 is 0 Å². The van der Waals surface area contributed by atoms with Gasteiger partial charge in [-0.25, -0.2) is 0 Å². The Kier molecular flexibility index (Phi) is 12.9. The Bertz CT molecular complexity index is 927. The van der Waals surface area contributed by atoms with Gasteiger partial charge in [-0.3, -0.25) is 19.2 Å². The molecule has 0 unspecified atom stereocenters. The van der Waals surface area contributed by atoms with Gasteiger partial charge in [0.15, 0.2) is 0 Å². The summed E-state index contributed by atoms with van der Waals surface area (Å²) in [5, 5.41) is 21.4. The molecule has 0 heterocycles. The molecule has 0 aliphatic heterocycles. The molecule has 214 valence electrons. The molecular weight excluding hydrogens is 486 g/mol. The SMILES string of the molecule is CC(C)[C@H](N)C(=O)N[C@H](C(=O)N[C@H](C(=O)N[C@H](C(=O)NCCc1ccccc1)C(C)C)C(C)C)C(C)(C)O. The fourth-order valence-corrected chi connectivity index (χ4v) is 3.74. The average molecular weight is 534 g/mol. The van der Waals surface area contributed by atoms with Gasteiger partial charge in [-0.05, 0) is 43.6 Å². The average Bonchev–Trinajstić information content (AvgIpc) is 2.82. The van der Waals surface area contributed by atoms with Gasteiger partial charge < -0.3 is 32.1 Å². The monoisotopic (exact) mass is 533 g/mol. The Morgan fingerprint density at radius 1 is 0.763 bits per heavy atom. The van der Waals surface area contributed by atoms with E-state index in [1.165, 1.54) is 13.8 Å². The first-order valence-electron chi connectivity index (χ1n) is 13.3. The molecule has 0 saturated heterocycles. The molecule has 38 heavy (non-hydrogen) atoms. The quantitative estimate of drug-likeness (QED) is 0.208. The minimum absolute atomic E-state index is 0.179. The van der Waals surface area contributed by atoms with Gasteiger partial charge in [0.1, 0.15) is 18.1 Å². The summed E-state index contributed by atoms with van der Waals surface area (Å²) in [6, 6.07) is 5.69. The van der Waals surface area contributed by atoms with Gasteiger partial charge in [-0.15, -0.1) is 0 Å². The van der Waals surface area contributed by atoms with Gasteiger partial charge in [0.25, 0.3) is 0 Å². The Morgan fingerprint density at radius 3 is 1.74 bits per heavy atom. The van der Waals surface area contributed by atoms with Gasteiger partial charge in [0, 0.05) is 6.54 Å². The number of nitrogens with one attached hydrogen (secondary N) is 4. The number of hydrogen-bond donors (Lipinski definition) is 6. The fourth-order valence-electron chi connectivity index (χ4n) is 3.74. The topological polar surface area (TPSA) is 163 Å². The molecule has 0 spiro atoms. The molecule has 0 bridgehead atoms. The van der Waals surface area contributed by atoms with Crippen LogP contribution in [0, 0.1) is 17.8 Å². The molecule has 7 N–H and O–H groups in total. The molecule has 1 aromatic rings. The van der Waals surface area contributed by atoms with E-state index in [4.69, 9.17) is 5.73 Å². The maximum Gasteiger partial charge on any atom is 0.246 e. The summed E-state index contributed by atoms with van der Waals surface area (Å²) in [4.78, 5) is 51.9. The smallest absolute Gasteiger partial charge is 0.246 e. The Balaban J connectivity index is 2.93. The summed E-state index contributed by atoms with van der Waals surface area (Å²) in [6.07, 6.45) is 0.653. The maximum absolute atomic E-state index is 13.3. The zero-order chi connectivity index (χ0) is 29.2. The van der Waals surface area contributed by atoms with Gasteiger partial charge >= 0.3 is 0 Å². The molecule has 10 nitrogen and oxygen atoms in total. The second-order valence-electron chi connectivity index (χ2n) is 11.4. The molecule has 0 aliphatic rings. The highest BCUT2D eigenvalue weighted by atomic mass is 16.3. The van der Waals surface area contributed by atoms with E-state index in [-0.39, 0.29) is 23.7 Å². The largest absolute Gasteiger partial charge is 0.388 e. The van der Waals surface area contributed by atoms with Gasteiger partial charge in [0.2, 0.25) is 23.6 Å². The van der Waals surface area contributed by atoms with Crippen molar-refractivity contribution in [3.05, 3.63) is 35.9 Å². The van der Waals surface area contributed by atoms with Crippen molar-refractivity contribution in [3.63, 3.8) is 0 Å². The van der Waals surface area contributed by atoms with Crippen LogP contribution in [0.25, 0.3) is 0 Å². The van der Waals surface area contributed by atoms with Crippen LogP contribution >= 0.6 is 0 Å². The molecule has 0 saturated carbocycles. The maximum atomic E-state index is 13.3. The molecule has 0 radical (unpaired) electrons. The standard InChI is InChI=1S/C28H47N5O5/c1-16(2)20(29)24(34)33-23(28(7,8)38)27(37)32-22(18(5)6)26(36)31-21(17(3)4)25(35)30-15-14-19-12-10-9-11-13-19/h9-13,16-18,20-23,38H,14-15,29H2,1-8H3,(H,30,35)(H,31,36)(H,32,37)(H,33,34)/t20-,21-,22-,23+/m0/s1. The number of amides is 4. The lowest BCUT2D eigenvalue weighted by Crippen LogP contribution is -2.64. The Morgan fingerprint density at radius 2 is 1.26 bits per heavy atom. The zero-order valence-electron chi connectivity index (χ0n) is 24.0. The first kappa shape index (κ1) is 33.0. The van der Waals surface area contributed by atoms with Crippen molar-refractivity contribution in [1.29, 1.82) is 0 Å². The number of nitrogens with two attached hydrogens (primary N) is 1. The van der Waals surface area contributed by atoms with Crippen molar-refractivity contribution in [3.8, 4) is 0 Å². The van der Waals surface area contributed by atoms with Crippen molar-refractivity contribution in [2.24, 2.45) is 23.5 Å². The van der Waals surface area contributed by atoms with E-state index in [2.05, 4.69) is 21.3 Å². The summed E-state index contributed by atoms with van der Waals surface area (Å²) in [5.41, 5.74) is 5.36. The van der Waals surface area contributed by atoms with Crippen LogP contribution < -0.4 is 27.0 Å². The highest BCUT2D eigenvalue weighted by Crippen LogP contribution is 2.13. The van der Waals surface area contributed by atoms with Crippen molar-refractivity contribution < 1.29 is 24.3 Å². The van der Waals surface area contributed by atoms with E-state index in [9.17, 15) is 24.3 Å². The van der Waals surface area contributed by atoms with E-state index in [1.54, 1.807) is 27.7 Å². The van der Waals surface area contributed by atoms with Crippen molar-refractivity contribution >= 4 is 23.6 Å². The van der Waals surface area contributed by atoms with Crippen LogP contribution in [0.4, 0.5) is 0 Å². The summed E-state index contributed by atoms with van der Waals surface area (Å²) < 4.78 is 0. The predicted molar refractivity (Wildman–Crippen MR) is 148 cm³/mol. The van der Waals surface area contributed by atoms with Crippen LogP contribution in [-0.2, 0) is 25.6 Å². The molecule has 0 aromatic heterocycles. The van der Waals surface area contributed by atoms with Gasteiger partial charge in [-0.2, -0.15) is 0 Å². The van der Waals surface area contributed by atoms with E-state index in [0.29, 0.717) is 13.0 Å². The summed E-state index contributed by atoms with van der Waals surface area (Å²) >= 11 is 0. The van der Waals surface area contributed by atoms with E-state index in [1.807, 2.05) is 44.2 Å². The highest BCUT2D eigenvalue weighted by molar-refractivity contribution is 5.95. The van der Waals surface area contributed by atoms with E-state index in [0.717, 1.165) is 5.56 Å². The van der Waals surface area contributed by atoms with E-state index < -0.39 is 47.5 Å². The highest BCUT2D eigenvalue weighted by Gasteiger charge is 2.39. The van der Waals surface area contributed by atoms with Crippen LogP contribution in [0.15, 0.2) is 30.3 Å². The van der Waals surface area contributed by atoms with Crippen molar-refractivity contribution in [1.82, 2.24) is 21.3 Å². The molecule has 4 atom stereocenters. The van der Waals surface area contributed by atoms with Crippen LogP contribution in [0.3, 0.4) is 0 Å². The van der Waals surface area contributed by atoms with Crippen LogP contribution in [0.2, 0.25) is 0 Å². The van der Waals surface area contributed by atoms with Crippen LogP contribution in [0.1, 0.15) is 61.0 Å². The first-order valence-corrected chi connectivity index (χ1v) is 13.3. The molecular formula is C28H47N5O5. The summed E-state index contributed by atoms with van der Waals surface area (Å²) in [5.74, 6) is -2.90. The molecule has 0 aliphatic carbocycles. The first-order chi connectivity index (χ1) is 17.6. The fraction of sp³-hybridized carbons (Fsp3) is 0.643. The molecule has 10 heteroatoms. The number of carbonyl (C=O) groups excluding carboxylic acids is 4. The zero-order valence-corrected chi connectivity index (χ0v) is 24.0. The third kappa shape index (κ3) is 10.4. The minimum atomic E-state index is -1.63. The molecule has 1 rings (SSSR count). The Hall–Kier alpha value is -2.98. The number of carbonyl (C=O) groups is 4. The second-order valence-corrected chi connectivity index (χ2v) is 11.4. The predicted octanol–water partition coefficient (Wildman–Crippen LogP) is 0.866. The normalized spacial score (nSPS) is 15.0. The van der Waals surface area contributed by atoms with Crippen LogP contribution in [-0.4, -0.2) is 65.0 Å². The molecule has 1 aromatic carbocycles.